The van der Waals surface area contributed by atoms with Crippen molar-refractivity contribution in [2.75, 3.05) is 7.11 Å². The lowest BCUT2D eigenvalue weighted by Crippen LogP contribution is -2.57. The third-order valence-corrected chi connectivity index (χ3v) is 6.31. The fraction of sp³-hybridized carbons (Fsp3) is 0.833. The summed E-state index contributed by atoms with van der Waals surface area (Å²) in [6.45, 7) is 8.75. The van der Waals surface area contributed by atoms with Gasteiger partial charge in [-0.15, -0.1) is 0 Å². The molecular weight excluding hydrogens is 308 g/mol. The highest BCUT2D eigenvalue weighted by Crippen LogP contribution is 2.61. The van der Waals surface area contributed by atoms with Crippen LogP contribution in [0.2, 0.25) is 0 Å². The standard InChI is InChI=1S/C18H28N2O4/c1-10-13-8-12(18(13,3)4)9-14(10)23-16(21)7-6-15-19-17(20-24-15)11(2)22-5/h10-14H,6-9H2,1-5H3/t10-,11-,12-,13+,14-/m1/s1. The van der Waals surface area contributed by atoms with Crippen molar-refractivity contribution in [2.45, 2.75) is 65.6 Å². The molecule has 6 heteroatoms. The first-order valence-electron chi connectivity index (χ1n) is 8.87. The van der Waals surface area contributed by atoms with E-state index in [1.807, 2.05) is 6.92 Å². The molecule has 0 aliphatic heterocycles. The normalized spacial score (nSPS) is 32.0. The van der Waals surface area contributed by atoms with E-state index in [9.17, 15) is 4.79 Å². The molecule has 1 aromatic heterocycles. The van der Waals surface area contributed by atoms with Crippen molar-refractivity contribution in [3.8, 4) is 0 Å². The molecule has 0 unspecified atom stereocenters. The van der Waals surface area contributed by atoms with Gasteiger partial charge in [0, 0.05) is 13.5 Å². The molecule has 0 N–H and O–H groups in total. The van der Waals surface area contributed by atoms with Crippen LogP contribution in [0.1, 0.15) is 64.8 Å². The number of aryl methyl sites for hydroxylation is 1. The van der Waals surface area contributed by atoms with Gasteiger partial charge in [0.15, 0.2) is 5.82 Å². The zero-order valence-corrected chi connectivity index (χ0v) is 15.2. The summed E-state index contributed by atoms with van der Waals surface area (Å²) >= 11 is 0. The SMILES string of the molecule is CO[C@H](C)c1noc(CCC(=O)O[C@@H]2C[C@H]3C[C@@H]([C@H]2C)C3(C)C)n1. The lowest BCUT2D eigenvalue weighted by atomic mass is 9.45. The average molecular weight is 336 g/mol. The van der Waals surface area contributed by atoms with E-state index in [0.717, 1.165) is 6.42 Å². The molecule has 2 bridgehead atoms. The molecule has 0 spiro atoms. The zero-order chi connectivity index (χ0) is 17.5. The van der Waals surface area contributed by atoms with Crippen LogP contribution >= 0.6 is 0 Å². The maximum absolute atomic E-state index is 12.2. The van der Waals surface area contributed by atoms with Gasteiger partial charge in [0.25, 0.3) is 0 Å². The summed E-state index contributed by atoms with van der Waals surface area (Å²) in [5.41, 5.74) is 0.403. The second-order valence-electron chi connectivity index (χ2n) is 7.91. The number of carbonyl (C=O) groups excluding carboxylic acids is 1. The van der Waals surface area contributed by atoms with Crippen molar-refractivity contribution >= 4 is 5.97 Å². The Morgan fingerprint density at radius 2 is 2.17 bits per heavy atom. The lowest BCUT2D eigenvalue weighted by molar-refractivity contribution is -0.186. The zero-order valence-electron chi connectivity index (χ0n) is 15.2. The molecule has 24 heavy (non-hydrogen) atoms. The molecule has 0 radical (unpaired) electrons. The highest BCUT2D eigenvalue weighted by Gasteiger charge is 2.57. The first-order valence-corrected chi connectivity index (χ1v) is 8.87. The Labute approximate surface area is 143 Å². The summed E-state index contributed by atoms with van der Waals surface area (Å²) in [5.74, 6) is 2.57. The Morgan fingerprint density at radius 1 is 1.42 bits per heavy atom. The van der Waals surface area contributed by atoms with Crippen molar-refractivity contribution in [3.05, 3.63) is 11.7 Å². The fourth-order valence-electron chi connectivity index (χ4n) is 4.33. The molecule has 5 atom stereocenters. The predicted octanol–water partition coefficient (Wildman–Crippen LogP) is 3.32. The number of methoxy groups -OCH3 is 1. The van der Waals surface area contributed by atoms with Crippen LogP contribution in [0.5, 0.6) is 0 Å². The molecule has 0 aromatic carbocycles. The van der Waals surface area contributed by atoms with Crippen molar-refractivity contribution in [3.63, 3.8) is 0 Å². The topological polar surface area (TPSA) is 74.5 Å². The quantitative estimate of drug-likeness (QED) is 0.742. The van der Waals surface area contributed by atoms with Crippen LogP contribution in [0.4, 0.5) is 0 Å². The third-order valence-electron chi connectivity index (χ3n) is 6.31. The van der Waals surface area contributed by atoms with Crippen molar-refractivity contribution < 1.29 is 18.8 Å². The van der Waals surface area contributed by atoms with Gasteiger partial charge in [-0.3, -0.25) is 4.79 Å². The summed E-state index contributed by atoms with van der Waals surface area (Å²) in [6.07, 6.45) is 2.79. The van der Waals surface area contributed by atoms with E-state index in [1.54, 1.807) is 7.11 Å². The second kappa shape index (κ2) is 6.47. The van der Waals surface area contributed by atoms with E-state index >= 15 is 0 Å². The van der Waals surface area contributed by atoms with Gasteiger partial charge in [-0.25, -0.2) is 0 Å². The molecule has 4 rings (SSSR count). The first-order chi connectivity index (χ1) is 11.3. The van der Waals surface area contributed by atoms with Crippen LogP contribution in [-0.2, 0) is 20.7 Å². The first kappa shape index (κ1) is 17.4. The molecule has 3 saturated carbocycles. The lowest BCUT2D eigenvalue weighted by Gasteiger charge is -2.61. The second-order valence-corrected chi connectivity index (χ2v) is 7.91. The molecule has 3 aliphatic carbocycles. The Balaban J connectivity index is 1.47. The molecule has 6 nitrogen and oxygen atoms in total. The molecule has 0 amide bonds. The summed E-state index contributed by atoms with van der Waals surface area (Å²) in [7, 11) is 1.59. The molecule has 3 aliphatic rings. The average Bonchev–Trinajstić information content (AvgIpc) is 3.02. The van der Waals surface area contributed by atoms with E-state index in [2.05, 4.69) is 30.9 Å². The minimum absolute atomic E-state index is 0.0565. The summed E-state index contributed by atoms with van der Waals surface area (Å²) in [5, 5.41) is 3.86. The van der Waals surface area contributed by atoms with Crippen molar-refractivity contribution in [1.82, 2.24) is 10.1 Å². The van der Waals surface area contributed by atoms with E-state index in [4.69, 9.17) is 14.0 Å². The number of nitrogens with zero attached hydrogens (tertiary/aromatic N) is 2. The van der Waals surface area contributed by atoms with E-state index in [0.29, 0.717) is 41.3 Å². The maximum atomic E-state index is 12.2. The Hall–Kier alpha value is -1.43. The number of hydrogen-bond donors (Lipinski definition) is 0. The van der Waals surface area contributed by atoms with Gasteiger partial charge in [0.1, 0.15) is 12.2 Å². The molecule has 0 saturated heterocycles. The number of hydrogen-bond acceptors (Lipinski definition) is 6. The smallest absolute Gasteiger partial charge is 0.306 e. The number of carbonyl (C=O) groups is 1. The Kier molecular flexibility index (Phi) is 4.69. The predicted molar refractivity (Wildman–Crippen MR) is 87.1 cm³/mol. The monoisotopic (exact) mass is 336 g/mol. The highest BCUT2D eigenvalue weighted by atomic mass is 16.5. The van der Waals surface area contributed by atoms with Crippen LogP contribution in [0.3, 0.4) is 0 Å². The summed E-state index contributed by atoms with van der Waals surface area (Å²) in [6, 6.07) is 0. The highest BCUT2D eigenvalue weighted by molar-refractivity contribution is 5.69. The van der Waals surface area contributed by atoms with E-state index < -0.39 is 0 Å². The van der Waals surface area contributed by atoms with Gasteiger partial charge in [0.05, 0.1) is 6.42 Å². The number of esters is 1. The number of rotatable bonds is 6. The van der Waals surface area contributed by atoms with Crippen molar-refractivity contribution in [1.29, 1.82) is 0 Å². The van der Waals surface area contributed by atoms with Gasteiger partial charge in [-0.2, -0.15) is 4.98 Å². The number of ether oxygens (including phenoxy) is 2. The van der Waals surface area contributed by atoms with Gasteiger partial charge in [-0.05, 0) is 42.9 Å². The Bertz CT molecular complexity index is 598. The van der Waals surface area contributed by atoms with Crippen LogP contribution in [0.25, 0.3) is 0 Å². The van der Waals surface area contributed by atoms with Gasteiger partial charge in [0.2, 0.25) is 5.89 Å². The van der Waals surface area contributed by atoms with Gasteiger partial charge >= 0.3 is 5.97 Å². The van der Waals surface area contributed by atoms with E-state index in [-0.39, 0.29) is 24.6 Å². The summed E-state index contributed by atoms with van der Waals surface area (Å²) in [4.78, 5) is 16.4. The Morgan fingerprint density at radius 3 is 2.79 bits per heavy atom. The van der Waals surface area contributed by atoms with Crippen LogP contribution < -0.4 is 0 Å². The molecule has 1 heterocycles. The molecule has 134 valence electrons. The van der Waals surface area contributed by atoms with Crippen LogP contribution in [0, 0.1) is 23.2 Å². The minimum Gasteiger partial charge on any atom is -0.462 e. The largest absolute Gasteiger partial charge is 0.462 e. The minimum atomic E-state index is -0.215. The van der Waals surface area contributed by atoms with Gasteiger partial charge < -0.3 is 14.0 Å². The number of fused-ring (bicyclic) bond motifs is 2. The molecular formula is C18H28N2O4. The number of aromatic nitrogens is 2. The fourth-order valence-corrected chi connectivity index (χ4v) is 4.33. The maximum Gasteiger partial charge on any atom is 0.306 e. The summed E-state index contributed by atoms with van der Waals surface area (Å²) < 4.78 is 16.0. The van der Waals surface area contributed by atoms with E-state index in [1.165, 1.54) is 6.42 Å². The third kappa shape index (κ3) is 3.08. The van der Waals surface area contributed by atoms with Gasteiger partial charge in [-0.1, -0.05) is 25.9 Å². The molecule has 1 aromatic rings. The van der Waals surface area contributed by atoms with Crippen LogP contribution in [0.15, 0.2) is 4.52 Å². The van der Waals surface area contributed by atoms with Crippen molar-refractivity contribution in [2.24, 2.45) is 23.2 Å². The molecule has 3 fully saturated rings. The van der Waals surface area contributed by atoms with Crippen LogP contribution in [-0.4, -0.2) is 29.3 Å².